The number of H-pyrrole nitrogens is 1. The van der Waals surface area contributed by atoms with Gasteiger partial charge < -0.3 is 10.3 Å². The van der Waals surface area contributed by atoms with Crippen LogP contribution in [0.25, 0.3) is 11.0 Å². The molecule has 4 rings (SSSR count). The van der Waals surface area contributed by atoms with Gasteiger partial charge in [0.1, 0.15) is 5.52 Å². The number of nitrogens with one attached hydrogen (secondary N) is 2. The second-order valence-corrected chi connectivity index (χ2v) is 5.62. The smallest absolute Gasteiger partial charge is 0.225 e. The monoisotopic (exact) mass is 299 g/mol. The van der Waals surface area contributed by atoms with E-state index in [9.17, 15) is 0 Å². The summed E-state index contributed by atoms with van der Waals surface area (Å²) in [6.45, 7) is 0. The molecule has 0 radical (unpaired) electrons. The molecule has 3 heterocycles. The van der Waals surface area contributed by atoms with E-state index in [0.29, 0.717) is 6.04 Å². The average molecular weight is 300 g/mol. The van der Waals surface area contributed by atoms with Gasteiger partial charge in [-0.1, -0.05) is 0 Å². The molecule has 3 aromatic rings. The number of aryl methyl sites for hydroxylation is 1. The molecule has 1 atom stereocenters. The zero-order chi connectivity index (χ0) is 14.2. The highest BCUT2D eigenvalue weighted by atomic mass is 35.5. The van der Waals surface area contributed by atoms with E-state index in [2.05, 4.69) is 31.3 Å². The van der Waals surface area contributed by atoms with Gasteiger partial charge in [-0.25, -0.2) is 4.98 Å². The maximum Gasteiger partial charge on any atom is 0.225 e. The van der Waals surface area contributed by atoms with Crippen molar-refractivity contribution in [1.29, 1.82) is 0 Å². The van der Waals surface area contributed by atoms with Crippen LogP contribution in [0.5, 0.6) is 0 Å². The second-order valence-electron chi connectivity index (χ2n) is 5.28. The summed E-state index contributed by atoms with van der Waals surface area (Å²) in [4.78, 5) is 16.2. The maximum absolute atomic E-state index is 6.01. The number of hydrogen-bond donors (Lipinski definition) is 2. The van der Waals surface area contributed by atoms with Gasteiger partial charge >= 0.3 is 0 Å². The molecule has 0 saturated carbocycles. The van der Waals surface area contributed by atoms with Crippen molar-refractivity contribution in [2.24, 2.45) is 0 Å². The van der Waals surface area contributed by atoms with Crippen LogP contribution in [0.1, 0.15) is 17.7 Å². The minimum absolute atomic E-state index is 0.246. The molecule has 0 aromatic carbocycles. The van der Waals surface area contributed by atoms with Crippen molar-refractivity contribution in [3.05, 3.63) is 47.1 Å². The van der Waals surface area contributed by atoms with Crippen LogP contribution in [0.15, 0.2) is 30.6 Å². The molecule has 0 amide bonds. The van der Waals surface area contributed by atoms with Crippen LogP contribution in [0, 0.1) is 0 Å². The Morgan fingerprint density at radius 1 is 1.29 bits per heavy atom. The van der Waals surface area contributed by atoms with Crippen LogP contribution in [0.2, 0.25) is 5.28 Å². The molecule has 6 heteroatoms. The van der Waals surface area contributed by atoms with Crippen molar-refractivity contribution in [3.63, 3.8) is 0 Å². The van der Waals surface area contributed by atoms with Gasteiger partial charge in [-0.2, -0.15) is 4.98 Å². The van der Waals surface area contributed by atoms with Crippen LogP contribution in [-0.4, -0.2) is 26.0 Å². The van der Waals surface area contributed by atoms with Crippen LogP contribution in [-0.2, 0) is 12.8 Å². The molecule has 106 valence electrons. The Morgan fingerprint density at radius 3 is 3.19 bits per heavy atom. The van der Waals surface area contributed by atoms with E-state index < -0.39 is 0 Å². The summed E-state index contributed by atoms with van der Waals surface area (Å²) < 4.78 is 0. The zero-order valence-corrected chi connectivity index (χ0v) is 12.1. The highest BCUT2D eigenvalue weighted by Crippen LogP contribution is 2.25. The van der Waals surface area contributed by atoms with Gasteiger partial charge in [-0.3, -0.25) is 4.98 Å². The molecule has 3 aromatic heterocycles. The summed E-state index contributed by atoms with van der Waals surface area (Å²) in [5.41, 5.74) is 4.24. The Labute approximate surface area is 126 Å². The minimum Gasteiger partial charge on any atom is -0.365 e. The molecule has 0 saturated heterocycles. The molecule has 0 spiro atoms. The molecular formula is C15H14ClN5. The lowest BCUT2D eigenvalue weighted by Crippen LogP contribution is -2.27. The van der Waals surface area contributed by atoms with Crippen molar-refractivity contribution in [3.8, 4) is 0 Å². The topological polar surface area (TPSA) is 66.5 Å². The maximum atomic E-state index is 6.01. The molecular weight excluding hydrogens is 286 g/mol. The standard InChI is InChI=1S/C15H14ClN5/c16-15-20-12-2-1-6-18-13(12)14(21-15)19-10-3-4-11-9(8-10)5-7-17-11/h1-2,5-7,10,17H,3-4,8H2,(H,19,20,21). The lowest BCUT2D eigenvalue weighted by atomic mass is 9.93. The molecule has 1 unspecified atom stereocenters. The summed E-state index contributed by atoms with van der Waals surface area (Å²) in [5, 5.41) is 3.73. The predicted molar refractivity (Wildman–Crippen MR) is 82.6 cm³/mol. The van der Waals surface area contributed by atoms with E-state index in [0.717, 1.165) is 36.1 Å². The van der Waals surface area contributed by atoms with Gasteiger partial charge in [-0.15, -0.1) is 0 Å². The van der Waals surface area contributed by atoms with E-state index >= 15 is 0 Å². The molecule has 0 fully saturated rings. The quantitative estimate of drug-likeness (QED) is 0.714. The Bertz CT molecular complexity index is 798. The first-order valence-electron chi connectivity index (χ1n) is 6.99. The largest absolute Gasteiger partial charge is 0.365 e. The van der Waals surface area contributed by atoms with Crippen molar-refractivity contribution in [1.82, 2.24) is 19.9 Å². The molecule has 1 aliphatic rings. The number of pyridine rings is 1. The Morgan fingerprint density at radius 2 is 2.24 bits per heavy atom. The van der Waals surface area contributed by atoms with Gasteiger partial charge in [-0.05, 0) is 54.6 Å². The second kappa shape index (κ2) is 5.00. The molecule has 21 heavy (non-hydrogen) atoms. The van der Waals surface area contributed by atoms with Crippen LogP contribution in [0.3, 0.4) is 0 Å². The zero-order valence-electron chi connectivity index (χ0n) is 11.3. The van der Waals surface area contributed by atoms with Gasteiger partial charge in [0.2, 0.25) is 5.28 Å². The van der Waals surface area contributed by atoms with Crippen LogP contribution in [0.4, 0.5) is 5.82 Å². The van der Waals surface area contributed by atoms with Gasteiger partial charge in [0, 0.05) is 24.1 Å². The molecule has 0 bridgehead atoms. The molecule has 2 N–H and O–H groups in total. The van der Waals surface area contributed by atoms with Crippen LogP contribution >= 0.6 is 11.6 Å². The average Bonchev–Trinajstić information content (AvgIpc) is 2.94. The predicted octanol–water partition coefficient (Wildman–Crippen LogP) is 2.98. The lowest BCUT2D eigenvalue weighted by molar-refractivity contribution is 0.604. The number of aromatic nitrogens is 4. The van der Waals surface area contributed by atoms with Crippen LogP contribution < -0.4 is 5.32 Å². The summed E-state index contributed by atoms with van der Waals surface area (Å²) in [5.74, 6) is 0.717. The number of aromatic amines is 1. The Balaban J connectivity index is 1.66. The Kier molecular flexibility index (Phi) is 3.00. The fourth-order valence-electron chi connectivity index (χ4n) is 2.90. The molecule has 0 aliphatic heterocycles. The number of rotatable bonds is 2. The van der Waals surface area contributed by atoms with Crippen molar-refractivity contribution < 1.29 is 0 Å². The lowest BCUT2D eigenvalue weighted by Gasteiger charge is -2.24. The van der Waals surface area contributed by atoms with E-state index in [1.54, 1.807) is 6.20 Å². The van der Waals surface area contributed by atoms with E-state index in [1.807, 2.05) is 18.3 Å². The van der Waals surface area contributed by atoms with E-state index in [-0.39, 0.29) is 5.28 Å². The molecule has 5 nitrogen and oxygen atoms in total. The van der Waals surface area contributed by atoms with Gasteiger partial charge in [0.25, 0.3) is 0 Å². The third-order valence-corrected chi connectivity index (χ3v) is 4.08. The number of halogens is 1. The van der Waals surface area contributed by atoms with Crippen molar-refractivity contribution in [2.75, 3.05) is 5.32 Å². The first-order chi connectivity index (χ1) is 10.3. The third kappa shape index (κ3) is 2.34. The van der Waals surface area contributed by atoms with Gasteiger partial charge in [0.05, 0.1) is 5.52 Å². The number of nitrogens with zero attached hydrogens (tertiary/aromatic N) is 3. The number of anilines is 1. The fourth-order valence-corrected chi connectivity index (χ4v) is 3.08. The first-order valence-corrected chi connectivity index (χ1v) is 7.37. The number of fused-ring (bicyclic) bond motifs is 2. The first kappa shape index (κ1) is 12.6. The van der Waals surface area contributed by atoms with Gasteiger partial charge in [0.15, 0.2) is 5.82 Å². The third-order valence-electron chi connectivity index (χ3n) is 3.91. The molecule has 1 aliphatic carbocycles. The Hall–Kier alpha value is -2.14. The van der Waals surface area contributed by atoms with Crippen molar-refractivity contribution in [2.45, 2.75) is 25.3 Å². The highest BCUT2D eigenvalue weighted by molar-refractivity contribution is 6.28. The normalized spacial score (nSPS) is 17.7. The summed E-state index contributed by atoms with van der Waals surface area (Å²) in [6, 6.07) is 6.23. The minimum atomic E-state index is 0.246. The van der Waals surface area contributed by atoms with E-state index in [4.69, 9.17) is 11.6 Å². The van der Waals surface area contributed by atoms with E-state index in [1.165, 1.54) is 11.3 Å². The highest BCUT2D eigenvalue weighted by Gasteiger charge is 2.20. The summed E-state index contributed by atoms with van der Waals surface area (Å²) in [7, 11) is 0. The fraction of sp³-hybridized carbons (Fsp3) is 0.267. The SMILES string of the molecule is Clc1nc(NC2CCc3[nH]ccc3C2)c2ncccc2n1. The summed E-state index contributed by atoms with van der Waals surface area (Å²) >= 11 is 6.01. The summed E-state index contributed by atoms with van der Waals surface area (Å²) in [6.07, 6.45) is 6.84. The van der Waals surface area contributed by atoms with Crippen molar-refractivity contribution >= 4 is 28.5 Å². The number of hydrogen-bond acceptors (Lipinski definition) is 4.